The Morgan fingerprint density at radius 3 is 2.34 bits per heavy atom. The number of sulfonamides is 1. The van der Waals surface area contributed by atoms with Gasteiger partial charge in [-0.25, -0.2) is 13.1 Å². The van der Waals surface area contributed by atoms with Gasteiger partial charge >= 0.3 is 0 Å². The van der Waals surface area contributed by atoms with Crippen molar-refractivity contribution in [2.75, 3.05) is 11.4 Å². The van der Waals surface area contributed by atoms with E-state index in [0.29, 0.717) is 19.4 Å². The van der Waals surface area contributed by atoms with E-state index in [2.05, 4.69) is 22.9 Å². The lowest BCUT2D eigenvalue weighted by Gasteiger charge is -2.22. The number of nitrogens with one attached hydrogen (secondary N) is 1. The van der Waals surface area contributed by atoms with Crippen LogP contribution < -0.4 is 9.62 Å². The molecular weight excluding hydrogens is 384 g/mol. The van der Waals surface area contributed by atoms with Crippen LogP contribution in [0, 0.1) is 0 Å². The third-order valence-electron chi connectivity index (χ3n) is 6.01. The second kappa shape index (κ2) is 8.28. The number of amides is 1. The molecule has 5 nitrogen and oxygen atoms in total. The predicted octanol–water partition coefficient (Wildman–Crippen LogP) is 4.12. The topological polar surface area (TPSA) is 66.5 Å². The van der Waals surface area contributed by atoms with Gasteiger partial charge in [0.1, 0.15) is 0 Å². The van der Waals surface area contributed by atoms with Crippen LogP contribution in [0.5, 0.6) is 0 Å². The molecule has 0 saturated carbocycles. The lowest BCUT2D eigenvalue weighted by atomic mass is 9.89. The first-order chi connectivity index (χ1) is 14.0. The highest BCUT2D eigenvalue weighted by molar-refractivity contribution is 7.89. The second-order valence-electron chi connectivity index (χ2n) is 7.96. The largest absolute Gasteiger partial charge is 0.312 e. The van der Waals surface area contributed by atoms with E-state index in [9.17, 15) is 13.2 Å². The molecule has 1 atom stereocenters. The highest BCUT2D eigenvalue weighted by atomic mass is 32.2. The van der Waals surface area contributed by atoms with E-state index in [4.69, 9.17) is 0 Å². The lowest BCUT2D eigenvalue weighted by Crippen LogP contribution is -2.29. The van der Waals surface area contributed by atoms with Crippen LogP contribution in [0.1, 0.15) is 61.8 Å². The van der Waals surface area contributed by atoms with E-state index >= 15 is 0 Å². The van der Waals surface area contributed by atoms with Crippen molar-refractivity contribution < 1.29 is 13.2 Å². The first-order valence-corrected chi connectivity index (χ1v) is 12.0. The molecule has 6 heteroatoms. The molecule has 2 aliphatic rings. The number of hydrogen-bond acceptors (Lipinski definition) is 3. The summed E-state index contributed by atoms with van der Waals surface area (Å²) in [6.45, 7) is 2.69. The summed E-state index contributed by atoms with van der Waals surface area (Å²) in [5.41, 5.74) is 4.53. The maximum absolute atomic E-state index is 13.0. The molecule has 29 heavy (non-hydrogen) atoms. The molecule has 0 bridgehead atoms. The van der Waals surface area contributed by atoms with Gasteiger partial charge in [-0.1, -0.05) is 25.1 Å². The van der Waals surface area contributed by atoms with E-state index in [0.717, 1.165) is 30.5 Å². The molecule has 4 rings (SSSR count). The molecule has 1 N–H and O–H groups in total. The van der Waals surface area contributed by atoms with Crippen molar-refractivity contribution >= 4 is 21.6 Å². The standard InChI is InChI=1S/C23H28N2O3S/c1-2-22(19-10-9-17-6-3-4-7-18(17)16-19)24-29(27,28)21-13-11-20(12-14-21)25-15-5-8-23(25)26/h9-14,16,22,24H,2-8,15H2,1H3/t22-/m0/s1. The zero-order chi connectivity index (χ0) is 20.4. The number of fused-ring (bicyclic) bond motifs is 1. The molecule has 0 radical (unpaired) electrons. The fourth-order valence-corrected chi connectivity index (χ4v) is 5.65. The van der Waals surface area contributed by atoms with Crippen LogP contribution in [0.3, 0.4) is 0 Å². The SMILES string of the molecule is CC[C@H](NS(=O)(=O)c1ccc(N2CCCC2=O)cc1)c1ccc2c(c1)CCCC2. The van der Waals surface area contributed by atoms with Crippen LogP contribution in [0.15, 0.2) is 47.4 Å². The van der Waals surface area contributed by atoms with Crippen LogP contribution in [0.4, 0.5) is 5.69 Å². The van der Waals surface area contributed by atoms with Gasteiger partial charge in [0, 0.05) is 24.7 Å². The zero-order valence-electron chi connectivity index (χ0n) is 16.9. The van der Waals surface area contributed by atoms with E-state index in [1.807, 2.05) is 6.92 Å². The number of aryl methyl sites for hydroxylation is 2. The zero-order valence-corrected chi connectivity index (χ0v) is 17.7. The average Bonchev–Trinajstić information content (AvgIpc) is 3.17. The average molecular weight is 413 g/mol. The van der Waals surface area contributed by atoms with Gasteiger partial charge in [-0.05, 0) is 79.5 Å². The smallest absolute Gasteiger partial charge is 0.241 e. The summed E-state index contributed by atoms with van der Waals surface area (Å²) in [6.07, 6.45) is 6.70. The number of benzene rings is 2. The molecule has 1 saturated heterocycles. The van der Waals surface area contributed by atoms with Crippen molar-refractivity contribution in [3.63, 3.8) is 0 Å². The Morgan fingerprint density at radius 1 is 0.966 bits per heavy atom. The number of carbonyl (C=O) groups is 1. The van der Waals surface area contributed by atoms with Crippen molar-refractivity contribution in [1.82, 2.24) is 4.72 Å². The number of hydrogen-bond donors (Lipinski definition) is 1. The van der Waals surface area contributed by atoms with Crippen LogP contribution in [-0.4, -0.2) is 20.9 Å². The Labute approximate surface area is 173 Å². The van der Waals surface area contributed by atoms with Crippen LogP contribution in [0.25, 0.3) is 0 Å². The molecule has 0 aromatic heterocycles. The van der Waals surface area contributed by atoms with Crippen molar-refractivity contribution in [1.29, 1.82) is 0 Å². The van der Waals surface area contributed by atoms with Crippen molar-refractivity contribution in [2.24, 2.45) is 0 Å². The summed E-state index contributed by atoms with van der Waals surface area (Å²) in [4.78, 5) is 13.8. The van der Waals surface area contributed by atoms with Gasteiger partial charge in [0.05, 0.1) is 4.90 Å². The van der Waals surface area contributed by atoms with Crippen molar-refractivity contribution in [3.8, 4) is 0 Å². The van der Waals surface area contributed by atoms with Crippen LogP contribution in [-0.2, 0) is 27.7 Å². The summed E-state index contributed by atoms with van der Waals surface area (Å²) in [6, 6.07) is 12.7. The summed E-state index contributed by atoms with van der Waals surface area (Å²) in [5.74, 6) is 0.0946. The van der Waals surface area contributed by atoms with E-state index in [1.54, 1.807) is 29.2 Å². The van der Waals surface area contributed by atoms with Gasteiger partial charge in [-0.2, -0.15) is 0 Å². The molecule has 1 fully saturated rings. The first-order valence-electron chi connectivity index (χ1n) is 10.5. The van der Waals surface area contributed by atoms with E-state index in [1.165, 1.54) is 24.0 Å². The molecule has 1 heterocycles. The minimum Gasteiger partial charge on any atom is -0.312 e. The number of rotatable bonds is 6. The minimum atomic E-state index is -3.65. The van der Waals surface area contributed by atoms with Crippen molar-refractivity contribution in [3.05, 3.63) is 59.2 Å². The summed E-state index contributed by atoms with van der Waals surface area (Å²) < 4.78 is 28.8. The first kappa shape index (κ1) is 20.1. The molecule has 1 amide bonds. The molecule has 0 spiro atoms. The summed E-state index contributed by atoms with van der Waals surface area (Å²) in [7, 11) is -3.65. The predicted molar refractivity (Wildman–Crippen MR) is 114 cm³/mol. The summed E-state index contributed by atoms with van der Waals surface area (Å²) >= 11 is 0. The lowest BCUT2D eigenvalue weighted by molar-refractivity contribution is -0.117. The van der Waals surface area contributed by atoms with Crippen molar-refractivity contribution in [2.45, 2.75) is 62.8 Å². The van der Waals surface area contributed by atoms with Gasteiger partial charge in [0.2, 0.25) is 15.9 Å². The molecule has 2 aromatic rings. The third kappa shape index (κ3) is 4.23. The van der Waals surface area contributed by atoms with Gasteiger partial charge in [-0.15, -0.1) is 0 Å². The fraction of sp³-hybridized carbons (Fsp3) is 0.435. The van der Waals surface area contributed by atoms with Gasteiger partial charge < -0.3 is 4.90 Å². The van der Waals surface area contributed by atoms with Crippen LogP contribution >= 0.6 is 0 Å². The summed E-state index contributed by atoms with van der Waals surface area (Å²) in [5, 5.41) is 0. The van der Waals surface area contributed by atoms with Gasteiger partial charge in [-0.3, -0.25) is 4.79 Å². The second-order valence-corrected chi connectivity index (χ2v) is 9.67. The van der Waals surface area contributed by atoms with E-state index in [-0.39, 0.29) is 16.8 Å². The van der Waals surface area contributed by atoms with E-state index < -0.39 is 10.0 Å². The maximum Gasteiger partial charge on any atom is 0.241 e. The van der Waals surface area contributed by atoms with Gasteiger partial charge in [0.15, 0.2) is 0 Å². The Balaban J connectivity index is 1.53. The maximum atomic E-state index is 13.0. The molecule has 1 aliphatic heterocycles. The Morgan fingerprint density at radius 2 is 1.69 bits per heavy atom. The monoisotopic (exact) mass is 412 g/mol. The Hall–Kier alpha value is -2.18. The number of anilines is 1. The number of nitrogens with zero attached hydrogens (tertiary/aromatic N) is 1. The molecule has 2 aromatic carbocycles. The fourth-order valence-electron chi connectivity index (χ4n) is 4.34. The Kier molecular flexibility index (Phi) is 5.74. The highest BCUT2D eigenvalue weighted by Gasteiger charge is 2.24. The molecule has 154 valence electrons. The van der Waals surface area contributed by atoms with Crippen LogP contribution in [0.2, 0.25) is 0 Å². The highest BCUT2D eigenvalue weighted by Crippen LogP contribution is 2.28. The number of carbonyl (C=O) groups excluding carboxylic acids is 1. The minimum absolute atomic E-state index is 0.0946. The Bertz CT molecular complexity index is 999. The molecule has 0 unspecified atom stereocenters. The quantitative estimate of drug-likeness (QED) is 0.776. The third-order valence-corrected chi connectivity index (χ3v) is 7.50. The molecule has 1 aliphatic carbocycles. The normalized spacial score (nSPS) is 18.0. The molecular formula is C23H28N2O3S. The van der Waals surface area contributed by atoms with Gasteiger partial charge in [0.25, 0.3) is 0 Å².